The molecule has 2 aromatic rings. The van der Waals surface area contributed by atoms with Crippen LogP contribution in [-0.4, -0.2) is 33.4 Å². The summed E-state index contributed by atoms with van der Waals surface area (Å²) < 4.78 is 26.2. The first kappa shape index (κ1) is 18.1. The highest BCUT2D eigenvalue weighted by Crippen LogP contribution is 2.19. The molecule has 1 amide bonds. The van der Waals surface area contributed by atoms with Gasteiger partial charge >= 0.3 is 6.55 Å². The van der Waals surface area contributed by atoms with Crippen molar-refractivity contribution in [3.63, 3.8) is 0 Å². The third-order valence-corrected chi connectivity index (χ3v) is 3.85. The quantitative estimate of drug-likeness (QED) is 0.814. The summed E-state index contributed by atoms with van der Waals surface area (Å²) in [7, 11) is 0. The van der Waals surface area contributed by atoms with Crippen LogP contribution >= 0.6 is 0 Å². The number of aryl methyl sites for hydroxylation is 1. The molecule has 0 aliphatic rings. The third-order valence-electron chi connectivity index (χ3n) is 3.85. The number of nitrogens with one attached hydrogen (secondary N) is 1. The van der Waals surface area contributed by atoms with Gasteiger partial charge in [-0.25, -0.2) is 4.68 Å². The van der Waals surface area contributed by atoms with Crippen molar-refractivity contribution in [1.29, 1.82) is 0 Å². The van der Waals surface area contributed by atoms with Gasteiger partial charge in [-0.05, 0) is 19.4 Å². The number of benzene rings is 1. The molecule has 1 aromatic carbocycles. The van der Waals surface area contributed by atoms with Crippen LogP contribution in [0.4, 0.5) is 8.78 Å². The van der Waals surface area contributed by atoms with E-state index in [4.69, 9.17) is 0 Å². The van der Waals surface area contributed by atoms with Crippen molar-refractivity contribution >= 4 is 5.91 Å². The lowest BCUT2D eigenvalue weighted by atomic mass is 10.1. The monoisotopic (exact) mass is 337 g/mol. The molecule has 0 bridgehead atoms. The van der Waals surface area contributed by atoms with E-state index in [0.717, 1.165) is 5.56 Å². The fraction of sp³-hybridized carbons (Fsp3) is 0.412. The molecule has 0 spiro atoms. The number of alkyl halides is 2. The van der Waals surface area contributed by atoms with E-state index < -0.39 is 12.7 Å². The van der Waals surface area contributed by atoms with Crippen LogP contribution in [0.15, 0.2) is 30.3 Å². The largest absolute Gasteiger partial charge is 0.391 e. The maximum Gasteiger partial charge on any atom is 0.333 e. The first-order valence-corrected chi connectivity index (χ1v) is 7.70. The minimum absolute atomic E-state index is 0.0392. The van der Waals surface area contributed by atoms with Gasteiger partial charge in [0.2, 0.25) is 5.91 Å². The van der Waals surface area contributed by atoms with E-state index in [-0.39, 0.29) is 24.6 Å². The average Bonchev–Trinajstić information content (AvgIpc) is 2.82. The van der Waals surface area contributed by atoms with Crippen LogP contribution in [0.3, 0.4) is 0 Å². The second kappa shape index (κ2) is 8.01. The van der Waals surface area contributed by atoms with Crippen molar-refractivity contribution in [3.05, 3.63) is 52.8 Å². The van der Waals surface area contributed by atoms with Gasteiger partial charge in [-0.15, -0.1) is 0 Å². The van der Waals surface area contributed by atoms with Crippen LogP contribution in [0.2, 0.25) is 0 Å². The van der Waals surface area contributed by atoms with Crippen molar-refractivity contribution in [2.24, 2.45) is 0 Å². The molecule has 1 heterocycles. The predicted octanol–water partition coefficient (Wildman–Crippen LogP) is 2.16. The summed E-state index contributed by atoms with van der Waals surface area (Å²) in [6.45, 7) is 0.486. The van der Waals surface area contributed by atoms with Crippen LogP contribution in [-0.2, 0) is 17.6 Å². The number of hydrogen-bond acceptors (Lipinski definition) is 3. The number of rotatable bonds is 7. The maximum absolute atomic E-state index is 12.8. The molecule has 1 unspecified atom stereocenters. The van der Waals surface area contributed by atoms with Crippen molar-refractivity contribution in [3.8, 4) is 0 Å². The molecule has 7 heteroatoms. The van der Waals surface area contributed by atoms with E-state index in [2.05, 4.69) is 10.4 Å². The van der Waals surface area contributed by atoms with Crippen molar-refractivity contribution < 1.29 is 18.7 Å². The average molecular weight is 337 g/mol. The highest BCUT2D eigenvalue weighted by atomic mass is 19.3. The fourth-order valence-electron chi connectivity index (χ4n) is 2.56. The summed E-state index contributed by atoms with van der Waals surface area (Å²) in [5, 5.41) is 16.4. The molecule has 2 N–H and O–H groups in total. The van der Waals surface area contributed by atoms with Crippen LogP contribution in [0.5, 0.6) is 0 Å². The third kappa shape index (κ3) is 4.61. The van der Waals surface area contributed by atoms with Gasteiger partial charge in [0.1, 0.15) is 0 Å². The minimum atomic E-state index is -2.73. The van der Waals surface area contributed by atoms with Gasteiger partial charge in [0.05, 0.1) is 18.2 Å². The highest BCUT2D eigenvalue weighted by Gasteiger charge is 2.19. The Balaban J connectivity index is 1.87. The second-order valence-corrected chi connectivity index (χ2v) is 5.70. The normalized spacial score (nSPS) is 12.4. The number of amides is 1. The summed E-state index contributed by atoms with van der Waals surface area (Å²) in [6, 6.07) is 9.45. The first-order valence-electron chi connectivity index (χ1n) is 7.70. The molecule has 0 aliphatic heterocycles. The van der Waals surface area contributed by atoms with Gasteiger partial charge in [0, 0.05) is 24.2 Å². The highest BCUT2D eigenvalue weighted by molar-refractivity contribution is 5.79. The van der Waals surface area contributed by atoms with Gasteiger partial charge in [-0.3, -0.25) is 4.79 Å². The minimum Gasteiger partial charge on any atom is -0.391 e. The lowest BCUT2D eigenvalue weighted by Crippen LogP contribution is -2.34. The summed E-state index contributed by atoms with van der Waals surface area (Å²) in [4.78, 5) is 12.0. The number of hydrogen-bond donors (Lipinski definition) is 2. The maximum atomic E-state index is 12.8. The van der Waals surface area contributed by atoms with Crippen molar-refractivity contribution in [2.75, 3.05) is 6.54 Å². The number of aliphatic hydroxyl groups excluding tert-OH is 1. The Kier molecular flexibility index (Phi) is 6.03. The smallest absolute Gasteiger partial charge is 0.333 e. The topological polar surface area (TPSA) is 67.2 Å². The number of carbonyl (C=O) groups is 1. The van der Waals surface area contributed by atoms with Crippen LogP contribution in [0, 0.1) is 13.8 Å². The molecule has 2 rings (SSSR count). The van der Waals surface area contributed by atoms with Crippen molar-refractivity contribution in [1.82, 2.24) is 15.1 Å². The number of aliphatic hydroxyl groups is 1. The Hall–Kier alpha value is -2.28. The molecule has 130 valence electrons. The fourth-order valence-corrected chi connectivity index (χ4v) is 2.56. The van der Waals surface area contributed by atoms with E-state index in [1.165, 1.54) is 6.92 Å². The van der Waals surface area contributed by atoms with Gasteiger partial charge < -0.3 is 10.4 Å². The van der Waals surface area contributed by atoms with E-state index in [1.807, 2.05) is 30.3 Å². The van der Waals surface area contributed by atoms with E-state index in [1.54, 1.807) is 6.92 Å². The zero-order valence-electron chi connectivity index (χ0n) is 13.7. The Morgan fingerprint density at radius 1 is 1.29 bits per heavy atom. The number of aromatic nitrogens is 2. The van der Waals surface area contributed by atoms with Crippen LogP contribution < -0.4 is 5.32 Å². The summed E-state index contributed by atoms with van der Waals surface area (Å²) in [5.74, 6) is -0.331. The Morgan fingerprint density at radius 3 is 2.54 bits per heavy atom. The van der Waals surface area contributed by atoms with E-state index in [9.17, 15) is 18.7 Å². The number of nitrogens with zero attached hydrogens (tertiary/aromatic N) is 2. The Labute approximate surface area is 139 Å². The number of carbonyl (C=O) groups excluding carboxylic acids is 1. The standard InChI is InChI=1S/C17H21F2N3O2/c1-11-15(12(2)22(21-11)17(18)19)9-16(24)20-10-14(23)8-13-6-4-3-5-7-13/h3-7,14,17,23H,8-10H2,1-2H3,(H,20,24). The van der Waals surface area contributed by atoms with E-state index >= 15 is 0 Å². The second-order valence-electron chi connectivity index (χ2n) is 5.70. The molecule has 24 heavy (non-hydrogen) atoms. The summed E-state index contributed by atoms with van der Waals surface area (Å²) in [6.07, 6.45) is -0.312. The van der Waals surface area contributed by atoms with Crippen molar-refractivity contribution in [2.45, 2.75) is 39.3 Å². The Morgan fingerprint density at radius 2 is 1.96 bits per heavy atom. The molecular formula is C17H21F2N3O2. The van der Waals surface area contributed by atoms with Gasteiger partial charge in [0.25, 0.3) is 0 Å². The summed E-state index contributed by atoms with van der Waals surface area (Å²) >= 11 is 0. The molecule has 0 radical (unpaired) electrons. The first-order chi connectivity index (χ1) is 11.4. The Bertz CT molecular complexity index is 687. The number of halogens is 2. The van der Waals surface area contributed by atoms with Gasteiger partial charge in [-0.1, -0.05) is 30.3 Å². The lowest BCUT2D eigenvalue weighted by Gasteiger charge is -2.12. The molecule has 0 fully saturated rings. The summed E-state index contributed by atoms with van der Waals surface area (Å²) in [5.41, 5.74) is 2.16. The molecule has 1 aromatic heterocycles. The van der Waals surface area contributed by atoms with Crippen LogP contribution in [0.1, 0.15) is 29.1 Å². The molecule has 5 nitrogen and oxygen atoms in total. The lowest BCUT2D eigenvalue weighted by molar-refractivity contribution is -0.120. The molecule has 0 aliphatic carbocycles. The van der Waals surface area contributed by atoms with E-state index in [0.29, 0.717) is 22.4 Å². The zero-order chi connectivity index (χ0) is 17.7. The predicted molar refractivity (Wildman–Crippen MR) is 85.8 cm³/mol. The van der Waals surface area contributed by atoms with Gasteiger partial charge in [0.15, 0.2) is 0 Å². The van der Waals surface area contributed by atoms with Gasteiger partial charge in [-0.2, -0.15) is 13.9 Å². The molecule has 0 saturated heterocycles. The van der Waals surface area contributed by atoms with Crippen LogP contribution in [0.25, 0.3) is 0 Å². The molecular weight excluding hydrogens is 316 g/mol. The molecule has 0 saturated carbocycles. The SMILES string of the molecule is Cc1nn(C(F)F)c(C)c1CC(=O)NCC(O)Cc1ccccc1. The zero-order valence-corrected chi connectivity index (χ0v) is 13.7. The molecule has 1 atom stereocenters.